The van der Waals surface area contributed by atoms with Crippen LogP contribution in [0.3, 0.4) is 0 Å². The molecule has 0 bridgehead atoms. The monoisotopic (exact) mass is 302 g/mol. The summed E-state index contributed by atoms with van der Waals surface area (Å²) in [6, 6.07) is 0. The Morgan fingerprint density at radius 3 is 2.05 bits per heavy atom. The molecule has 1 atom stereocenters. The average Bonchev–Trinajstić information content (AvgIpc) is 2.48. The smallest absolute Gasteiger partial charge is 0.200 e. The molecule has 1 aliphatic carbocycles. The van der Waals surface area contributed by atoms with Crippen molar-refractivity contribution in [3.63, 3.8) is 0 Å². The molecule has 21 heavy (non-hydrogen) atoms. The summed E-state index contributed by atoms with van der Waals surface area (Å²) in [5, 5.41) is 0. The van der Waals surface area contributed by atoms with E-state index < -0.39 is 34.6 Å². The Balaban J connectivity index is 2.26. The van der Waals surface area contributed by atoms with Crippen molar-refractivity contribution in [2.75, 3.05) is 0 Å². The van der Waals surface area contributed by atoms with Gasteiger partial charge in [-0.2, -0.15) is 0 Å². The summed E-state index contributed by atoms with van der Waals surface area (Å²) in [7, 11) is 0. The molecule has 0 fully saturated rings. The van der Waals surface area contributed by atoms with Crippen LogP contribution in [0.25, 0.3) is 0 Å². The van der Waals surface area contributed by atoms with Crippen molar-refractivity contribution in [3.8, 4) is 0 Å². The molecule has 114 valence electrons. The summed E-state index contributed by atoms with van der Waals surface area (Å²) in [6.45, 7) is 5.75. The van der Waals surface area contributed by atoms with Crippen molar-refractivity contribution in [3.05, 3.63) is 58.5 Å². The average molecular weight is 302 g/mol. The molecule has 0 aromatic heterocycles. The molecule has 0 nitrogen and oxygen atoms in total. The fraction of sp³-hybridized carbons (Fsp3) is 0.375. The first-order valence-corrected chi connectivity index (χ1v) is 6.66. The van der Waals surface area contributed by atoms with Gasteiger partial charge in [0.05, 0.1) is 0 Å². The zero-order chi connectivity index (χ0) is 15.7. The Morgan fingerprint density at radius 1 is 1.05 bits per heavy atom. The van der Waals surface area contributed by atoms with Crippen molar-refractivity contribution in [1.29, 1.82) is 0 Å². The van der Waals surface area contributed by atoms with Gasteiger partial charge in [-0.1, -0.05) is 23.8 Å². The summed E-state index contributed by atoms with van der Waals surface area (Å²) in [4.78, 5) is 0. The maximum absolute atomic E-state index is 13.6. The van der Waals surface area contributed by atoms with E-state index in [0.717, 1.165) is 12.8 Å². The standard InChI is InChI=1S/C16H15F5/c1-8-3-5-10(6-4-8)9(2)7-11-12(17)14(19)16(21)15(20)13(11)18/h3,10H,2,4-7H2,1H3/t10-/m0/s1. The zero-order valence-electron chi connectivity index (χ0n) is 11.6. The number of allylic oxidation sites excluding steroid dienone is 3. The van der Waals surface area contributed by atoms with Crippen LogP contribution in [0.15, 0.2) is 23.8 Å². The number of benzene rings is 1. The van der Waals surface area contributed by atoms with Crippen LogP contribution in [0.2, 0.25) is 0 Å². The van der Waals surface area contributed by atoms with E-state index in [-0.39, 0.29) is 12.3 Å². The molecule has 0 aliphatic heterocycles. The van der Waals surface area contributed by atoms with Gasteiger partial charge in [-0.15, -0.1) is 0 Å². The largest absolute Gasteiger partial charge is 0.203 e. The number of halogens is 5. The molecule has 1 aromatic rings. The molecule has 2 rings (SSSR count). The van der Waals surface area contributed by atoms with Crippen molar-refractivity contribution >= 4 is 0 Å². The molecule has 0 heterocycles. The van der Waals surface area contributed by atoms with Crippen molar-refractivity contribution in [2.24, 2.45) is 5.92 Å². The highest BCUT2D eigenvalue weighted by atomic mass is 19.2. The first kappa shape index (κ1) is 15.7. The molecular weight excluding hydrogens is 287 g/mol. The van der Waals surface area contributed by atoms with Crippen LogP contribution in [0.5, 0.6) is 0 Å². The van der Waals surface area contributed by atoms with Gasteiger partial charge in [0, 0.05) is 5.56 Å². The van der Waals surface area contributed by atoms with Gasteiger partial charge in [-0.05, 0) is 38.5 Å². The Labute approximate surface area is 120 Å². The van der Waals surface area contributed by atoms with E-state index in [4.69, 9.17) is 0 Å². The van der Waals surface area contributed by atoms with E-state index in [1.165, 1.54) is 5.57 Å². The molecule has 1 aliphatic rings. The highest BCUT2D eigenvalue weighted by Crippen LogP contribution is 2.32. The topological polar surface area (TPSA) is 0 Å². The van der Waals surface area contributed by atoms with Crippen molar-refractivity contribution < 1.29 is 22.0 Å². The maximum Gasteiger partial charge on any atom is 0.200 e. The molecule has 0 radical (unpaired) electrons. The van der Waals surface area contributed by atoms with Crippen LogP contribution in [-0.2, 0) is 6.42 Å². The van der Waals surface area contributed by atoms with Gasteiger partial charge in [0.15, 0.2) is 23.3 Å². The summed E-state index contributed by atoms with van der Waals surface area (Å²) in [6.07, 6.45) is 3.97. The van der Waals surface area contributed by atoms with Gasteiger partial charge in [0.25, 0.3) is 0 Å². The fourth-order valence-electron chi connectivity index (χ4n) is 2.51. The second kappa shape index (κ2) is 6.00. The van der Waals surface area contributed by atoms with Gasteiger partial charge in [-0.3, -0.25) is 0 Å². The summed E-state index contributed by atoms with van der Waals surface area (Å²) < 4.78 is 66.5. The van der Waals surface area contributed by atoms with E-state index in [9.17, 15) is 22.0 Å². The third-order valence-corrected chi connectivity index (χ3v) is 3.92. The molecule has 0 saturated carbocycles. The maximum atomic E-state index is 13.6. The Hall–Kier alpha value is -1.65. The lowest BCUT2D eigenvalue weighted by atomic mass is 9.83. The minimum atomic E-state index is -2.13. The lowest BCUT2D eigenvalue weighted by molar-refractivity contribution is 0.370. The van der Waals surface area contributed by atoms with Crippen LogP contribution in [0, 0.1) is 35.0 Å². The second-order valence-electron chi connectivity index (χ2n) is 5.41. The number of hydrogen-bond donors (Lipinski definition) is 0. The molecule has 1 aromatic carbocycles. The molecule has 0 amide bonds. The minimum Gasteiger partial charge on any atom is -0.203 e. The summed E-state index contributed by atoms with van der Waals surface area (Å²) in [5.41, 5.74) is 0.917. The quantitative estimate of drug-likeness (QED) is 0.310. The first-order valence-electron chi connectivity index (χ1n) is 6.66. The number of rotatable bonds is 3. The Bertz CT molecular complexity index is 587. The van der Waals surface area contributed by atoms with Crippen molar-refractivity contribution in [1.82, 2.24) is 0 Å². The molecule has 5 heteroatoms. The predicted octanol–water partition coefficient (Wildman–Crippen LogP) is 5.23. The van der Waals surface area contributed by atoms with Crippen LogP contribution in [-0.4, -0.2) is 0 Å². The molecule has 0 unspecified atom stereocenters. The van der Waals surface area contributed by atoms with Gasteiger partial charge in [0.1, 0.15) is 0 Å². The zero-order valence-corrected chi connectivity index (χ0v) is 11.6. The molecule has 0 N–H and O–H groups in total. The minimum absolute atomic E-state index is 0.00340. The highest BCUT2D eigenvalue weighted by Gasteiger charge is 2.27. The molecule has 0 spiro atoms. The van der Waals surface area contributed by atoms with E-state index in [0.29, 0.717) is 12.0 Å². The van der Waals surface area contributed by atoms with Crippen molar-refractivity contribution in [2.45, 2.75) is 32.6 Å². The van der Waals surface area contributed by atoms with Crippen LogP contribution >= 0.6 is 0 Å². The van der Waals surface area contributed by atoms with Gasteiger partial charge in [-0.25, -0.2) is 22.0 Å². The molecule has 0 saturated heterocycles. The van der Waals surface area contributed by atoms with E-state index in [1.54, 1.807) is 0 Å². The lowest BCUT2D eigenvalue weighted by Gasteiger charge is -2.23. The normalized spacial score (nSPS) is 18.6. The van der Waals surface area contributed by atoms with E-state index in [1.807, 2.05) is 13.0 Å². The third-order valence-electron chi connectivity index (χ3n) is 3.92. The SMILES string of the molecule is C=C(Cc1c(F)c(F)c(F)c(F)c1F)[C@H]1CC=C(C)CC1. The van der Waals surface area contributed by atoms with Crippen LogP contribution in [0.1, 0.15) is 31.7 Å². The van der Waals surface area contributed by atoms with E-state index in [2.05, 4.69) is 6.58 Å². The summed E-state index contributed by atoms with van der Waals surface area (Å²) >= 11 is 0. The molecular formula is C16H15F5. The van der Waals surface area contributed by atoms with E-state index >= 15 is 0 Å². The highest BCUT2D eigenvalue weighted by molar-refractivity contribution is 5.29. The van der Waals surface area contributed by atoms with Gasteiger partial charge in [0.2, 0.25) is 5.82 Å². The number of hydrogen-bond acceptors (Lipinski definition) is 0. The summed E-state index contributed by atoms with van der Waals surface area (Å²) in [5.74, 6) is -9.48. The van der Waals surface area contributed by atoms with Gasteiger partial charge >= 0.3 is 0 Å². The lowest BCUT2D eigenvalue weighted by Crippen LogP contribution is -2.13. The third kappa shape index (κ3) is 3.01. The Morgan fingerprint density at radius 2 is 1.57 bits per heavy atom. The first-order chi connectivity index (χ1) is 9.82. The van der Waals surface area contributed by atoms with Crippen LogP contribution in [0.4, 0.5) is 22.0 Å². The van der Waals surface area contributed by atoms with Crippen LogP contribution < -0.4 is 0 Å². The second-order valence-corrected chi connectivity index (χ2v) is 5.41. The Kier molecular flexibility index (Phi) is 4.49. The predicted molar refractivity (Wildman–Crippen MR) is 70.2 cm³/mol. The fourth-order valence-corrected chi connectivity index (χ4v) is 2.51. The van der Waals surface area contributed by atoms with Gasteiger partial charge < -0.3 is 0 Å².